The first kappa shape index (κ1) is 10.1. The summed E-state index contributed by atoms with van der Waals surface area (Å²) >= 11 is 0. The second-order valence-electron chi connectivity index (χ2n) is 2.86. The van der Waals surface area contributed by atoms with Crippen LogP contribution in [0, 0.1) is 0 Å². The van der Waals surface area contributed by atoms with Crippen LogP contribution in [0.1, 0.15) is 6.42 Å². The van der Waals surface area contributed by atoms with Gasteiger partial charge in [0.05, 0.1) is 12.7 Å². The van der Waals surface area contributed by atoms with Gasteiger partial charge in [-0.3, -0.25) is 0 Å². The molecule has 1 unspecified atom stereocenters. The molecule has 0 radical (unpaired) electrons. The number of hydrogen-bond acceptors (Lipinski definition) is 4. The van der Waals surface area contributed by atoms with Crippen LogP contribution in [0.5, 0.6) is 0 Å². The highest BCUT2D eigenvalue weighted by atomic mass is 28.4. The van der Waals surface area contributed by atoms with Gasteiger partial charge in [0, 0.05) is 27.4 Å². The van der Waals surface area contributed by atoms with Crippen LogP contribution < -0.4 is 0 Å². The van der Waals surface area contributed by atoms with Crippen molar-refractivity contribution in [2.75, 3.05) is 27.4 Å². The maximum Gasteiger partial charge on any atom is 0.497 e. The average Bonchev–Trinajstić information content (AvgIpc) is 2.88. The quantitative estimate of drug-likeness (QED) is 0.458. The fraction of sp³-hybridized carbons (Fsp3) is 1.00. The van der Waals surface area contributed by atoms with Crippen LogP contribution in [0.2, 0.25) is 6.55 Å². The molecule has 1 rings (SSSR count). The summed E-state index contributed by atoms with van der Waals surface area (Å²) in [5.74, 6) is 0. The molecule has 0 aromatic rings. The minimum absolute atomic E-state index is 0.414. The van der Waals surface area contributed by atoms with E-state index in [0.29, 0.717) is 12.7 Å². The fourth-order valence-electron chi connectivity index (χ4n) is 0.812. The Morgan fingerprint density at radius 3 is 2.42 bits per heavy atom. The Balaban J connectivity index is 2.08. The monoisotopic (exact) mass is 192 g/mol. The Labute approximate surface area is 74.1 Å². The van der Waals surface area contributed by atoms with Crippen molar-refractivity contribution < 1.29 is 18.0 Å². The molecule has 0 N–H and O–H groups in total. The smallest absolute Gasteiger partial charge is 0.377 e. The first-order valence-electron chi connectivity index (χ1n) is 4.06. The maximum absolute atomic E-state index is 5.49. The minimum atomic E-state index is -2.29. The maximum atomic E-state index is 5.49. The Morgan fingerprint density at radius 2 is 2.00 bits per heavy atom. The van der Waals surface area contributed by atoms with Crippen molar-refractivity contribution in [3.8, 4) is 0 Å². The molecule has 1 aliphatic heterocycles. The lowest BCUT2D eigenvalue weighted by molar-refractivity contribution is 0.102. The summed E-state index contributed by atoms with van der Waals surface area (Å²) in [6, 6.07) is 0. The summed E-state index contributed by atoms with van der Waals surface area (Å²) in [6.07, 6.45) is 1.35. The van der Waals surface area contributed by atoms with Crippen molar-refractivity contribution in [1.29, 1.82) is 0 Å². The van der Waals surface area contributed by atoms with Crippen LogP contribution in [0.3, 0.4) is 0 Å². The SMILES string of the molecule is CO[Si](C)(OC)OCCC1CO1. The van der Waals surface area contributed by atoms with Crippen molar-refractivity contribution in [3.63, 3.8) is 0 Å². The summed E-state index contributed by atoms with van der Waals surface area (Å²) in [5.41, 5.74) is 0. The highest BCUT2D eigenvalue weighted by Gasteiger charge is 2.32. The second-order valence-corrected chi connectivity index (χ2v) is 5.69. The molecule has 72 valence electrons. The van der Waals surface area contributed by atoms with Crippen molar-refractivity contribution in [1.82, 2.24) is 0 Å². The van der Waals surface area contributed by atoms with E-state index in [9.17, 15) is 0 Å². The number of epoxide rings is 1. The van der Waals surface area contributed by atoms with Gasteiger partial charge in [0.25, 0.3) is 0 Å². The van der Waals surface area contributed by atoms with Crippen LogP contribution in [-0.2, 0) is 18.0 Å². The lowest BCUT2D eigenvalue weighted by atomic mass is 10.4. The van der Waals surface area contributed by atoms with Gasteiger partial charge in [-0.25, -0.2) is 0 Å². The zero-order valence-corrected chi connectivity index (χ0v) is 8.83. The van der Waals surface area contributed by atoms with Crippen LogP contribution >= 0.6 is 0 Å². The van der Waals surface area contributed by atoms with Gasteiger partial charge in [-0.2, -0.15) is 0 Å². The molecule has 12 heavy (non-hydrogen) atoms. The predicted octanol–water partition coefficient (Wildman–Crippen LogP) is 0.653. The van der Waals surface area contributed by atoms with Gasteiger partial charge < -0.3 is 18.0 Å². The average molecular weight is 192 g/mol. The van der Waals surface area contributed by atoms with E-state index < -0.39 is 8.80 Å². The summed E-state index contributed by atoms with van der Waals surface area (Å²) in [4.78, 5) is 0. The molecule has 1 heterocycles. The van der Waals surface area contributed by atoms with Gasteiger partial charge in [-0.05, 0) is 6.42 Å². The third-order valence-corrected chi connectivity index (χ3v) is 4.16. The number of ether oxygens (including phenoxy) is 1. The summed E-state index contributed by atoms with van der Waals surface area (Å²) < 4.78 is 20.8. The Bertz CT molecular complexity index is 133. The summed E-state index contributed by atoms with van der Waals surface area (Å²) in [6.45, 7) is 3.41. The van der Waals surface area contributed by atoms with E-state index in [-0.39, 0.29) is 0 Å². The van der Waals surface area contributed by atoms with E-state index in [4.69, 9.17) is 18.0 Å². The van der Waals surface area contributed by atoms with Crippen LogP contribution in [0.4, 0.5) is 0 Å². The molecule has 1 aliphatic rings. The molecule has 1 fully saturated rings. The largest absolute Gasteiger partial charge is 0.497 e. The number of rotatable bonds is 6. The fourth-order valence-corrected chi connectivity index (χ4v) is 1.70. The zero-order chi connectivity index (χ0) is 9.03. The summed E-state index contributed by atoms with van der Waals surface area (Å²) in [7, 11) is 0.937. The standard InChI is InChI=1S/C7H16O4Si/c1-8-12(3,9-2)11-5-4-7-6-10-7/h7H,4-6H2,1-3H3. The molecule has 0 amide bonds. The zero-order valence-electron chi connectivity index (χ0n) is 7.83. The molecule has 0 bridgehead atoms. The van der Waals surface area contributed by atoms with E-state index in [0.717, 1.165) is 13.0 Å². The molecule has 4 nitrogen and oxygen atoms in total. The lowest BCUT2D eigenvalue weighted by Crippen LogP contribution is -2.40. The molecule has 0 aromatic carbocycles. The molecule has 1 saturated heterocycles. The lowest BCUT2D eigenvalue weighted by Gasteiger charge is -2.21. The van der Waals surface area contributed by atoms with Crippen molar-refractivity contribution in [2.24, 2.45) is 0 Å². The molecule has 0 saturated carbocycles. The van der Waals surface area contributed by atoms with E-state index in [1.54, 1.807) is 14.2 Å². The summed E-state index contributed by atoms with van der Waals surface area (Å²) in [5, 5.41) is 0. The third kappa shape index (κ3) is 3.20. The van der Waals surface area contributed by atoms with Crippen LogP contribution in [0.15, 0.2) is 0 Å². The highest BCUT2D eigenvalue weighted by molar-refractivity contribution is 6.59. The van der Waals surface area contributed by atoms with Gasteiger partial charge in [-0.1, -0.05) is 0 Å². The van der Waals surface area contributed by atoms with E-state index in [1.807, 2.05) is 6.55 Å². The van der Waals surface area contributed by atoms with Gasteiger partial charge >= 0.3 is 8.80 Å². The van der Waals surface area contributed by atoms with E-state index in [2.05, 4.69) is 0 Å². The molecule has 1 atom stereocenters. The second kappa shape index (κ2) is 4.34. The van der Waals surface area contributed by atoms with Crippen molar-refractivity contribution >= 4 is 8.80 Å². The topological polar surface area (TPSA) is 40.2 Å². The van der Waals surface area contributed by atoms with Gasteiger partial charge in [0.2, 0.25) is 0 Å². The van der Waals surface area contributed by atoms with Crippen LogP contribution in [0.25, 0.3) is 0 Å². The van der Waals surface area contributed by atoms with Crippen LogP contribution in [-0.4, -0.2) is 42.3 Å². The molecular weight excluding hydrogens is 176 g/mol. The highest BCUT2D eigenvalue weighted by Crippen LogP contribution is 2.15. The van der Waals surface area contributed by atoms with Crippen molar-refractivity contribution in [3.05, 3.63) is 0 Å². The Morgan fingerprint density at radius 1 is 1.42 bits per heavy atom. The van der Waals surface area contributed by atoms with Gasteiger partial charge in [0.15, 0.2) is 0 Å². The van der Waals surface area contributed by atoms with Gasteiger partial charge in [-0.15, -0.1) is 0 Å². The molecule has 0 aromatic heterocycles. The first-order valence-corrected chi connectivity index (χ1v) is 6.28. The third-order valence-electron chi connectivity index (χ3n) is 1.95. The van der Waals surface area contributed by atoms with E-state index >= 15 is 0 Å². The number of hydrogen-bond donors (Lipinski definition) is 0. The van der Waals surface area contributed by atoms with E-state index in [1.165, 1.54) is 0 Å². The molecular formula is C7H16O4Si. The Kier molecular flexibility index (Phi) is 3.67. The van der Waals surface area contributed by atoms with Gasteiger partial charge in [0.1, 0.15) is 0 Å². The molecule has 5 heteroatoms. The predicted molar refractivity (Wildman–Crippen MR) is 45.9 cm³/mol. The van der Waals surface area contributed by atoms with Crippen molar-refractivity contribution in [2.45, 2.75) is 19.1 Å². The minimum Gasteiger partial charge on any atom is -0.377 e. The molecule has 0 aliphatic carbocycles. The first-order chi connectivity index (χ1) is 5.70. The Hall–Kier alpha value is 0.0569. The normalized spacial score (nSPS) is 22.8. The molecule has 0 spiro atoms.